The van der Waals surface area contributed by atoms with E-state index < -0.39 is 23.2 Å². The zero-order valence-corrected chi connectivity index (χ0v) is 15.6. The number of carbonyl (C=O) groups is 2. The number of aliphatic hydroxyl groups is 1. The highest BCUT2D eigenvalue weighted by atomic mass is 16.6. The summed E-state index contributed by atoms with van der Waals surface area (Å²) in [5.74, 6) is -0.757. The Hall–Kier alpha value is -1.40. The standard InChI is InChI=1S/C19H28O6/c1-11-8-16-17(4,9-14(11)22)18(5)7-6-15(24-13(3)21)19(18,25-16)10-23-12(2)20/h8,14-16,22H,6-7,9-10H2,1-5H3/t14-,15+,16-,17-,18+,19+/m0/s1. The van der Waals surface area contributed by atoms with Crippen molar-refractivity contribution >= 4 is 11.9 Å². The Morgan fingerprint density at radius 1 is 1.32 bits per heavy atom. The van der Waals surface area contributed by atoms with Crippen LogP contribution >= 0.6 is 0 Å². The molecule has 1 heterocycles. The molecule has 0 unspecified atom stereocenters. The highest BCUT2D eigenvalue weighted by Gasteiger charge is 2.75. The maximum atomic E-state index is 11.6. The number of aliphatic hydroxyl groups excluding tert-OH is 1. The zero-order chi connectivity index (χ0) is 18.6. The first-order valence-electron chi connectivity index (χ1n) is 8.90. The summed E-state index contributed by atoms with van der Waals surface area (Å²) in [6.07, 6.45) is 2.77. The van der Waals surface area contributed by atoms with E-state index >= 15 is 0 Å². The Bertz CT molecular complexity index is 627. The van der Waals surface area contributed by atoms with Crippen molar-refractivity contribution in [2.24, 2.45) is 10.8 Å². The van der Waals surface area contributed by atoms with Gasteiger partial charge in [0.05, 0.1) is 12.2 Å². The first kappa shape index (κ1) is 18.4. The van der Waals surface area contributed by atoms with Crippen molar-refractivity contribution in [3.63, 3.8) is 0 Å². The van der Waals surface area contributed by atoms with Gasteiger partial charge >= 0.3 is 11.9 Å². The first-order valence-corrected chi connectivity index (χ1v) is 8.90. The SMILES string of the molecule is CC(=O)OC[C@]12O[C@H]3C=C(C)[C@@H](O)C[C@]3(C)[C@@]1(C)CC[C@H]2OC(C)=O. The van der Waals surface area contributed by atoms with Crippen molar-refractivity contribution in [1.29, 1.82) is 0 Å². The van der Waals surface area contributed by atoms with Gasteiger partial charge < -0.3 is 19.3 Å². The summed E-state index contributed by atoms with van der Waals surface area (Å²) in [7, 11) is 0. The summed E-state index contributed by atoms with van der Waals surface area (Å²) in [6, 6.07) is 0. The molecular weight excluding hydrogens is 324 g/mol. The third-order valence-electron chi connectivity index (χ3n) is 6.94. The van der Waals surface area contributed by atoms with Gasteiger partial charge in [-0.15, -0.1) is 0 Å². The second-order valence-electron chi connectivity index (χ2n) is 8.23. The third kappa shape index (κ3) is 2.45. The first-order chi connectivity index (χ1) is 11.6. The normalized spacial score (nSPS) is 45.4. The molecule has 6 heteroatoms. The van der Waals surface area contributed by atoms with Crippen molar-refractivity contribution in [2.45, 2.75) is 77.8 Å². The van der Waals surface area contributed by atoms with Crippen molar-refractivity contribution in [3.05, 3.63) is 11.6 Å². The molecule has 0 spiro atoms. The fraction of sp³-hybridized carbons (Fsp3) is 0.789. The minimum atomic E-state index is -0.898. The predicted molar refractivity (Wildman–Crippen MR) is 89.6 cm³/mol. The maximum Gasteiger partial charge on any atom is 0.303 e. The lowest BCUT2D eigenvalue weighted by molar-refractivity contribution is -0.188. The highest BCUT2D eigenvalue weighted by molar-refractivity contribution is 5.67. The Labute approximate surface area is 148 Å². The number of esters is 2. The molecule has 1 saturated carbocycles. The van der Waals surface area contributed by atoms with Gasteiger partial charge in [-0.2, -0.15) is 0 Å². The van der Waals surface area contributed by atoms with E-state index in [1.54, 1.807) is 0 Å². The lowest BCUT2D eigenvalue weighted by atomic mass is 9.55. The molecule has 0 aromatic heterocycles. The number of ether oxygens (including phenoxy) is 3. The van der Waals surface area contributed by atoms with E-state index in [0.717, 1.165) is 12.0 Å². The minimum absolute atomic E-state index is 0.0475. The Morgan fingerprint density at radius 3 is 2.60 bits per heavy atom. The van der Waals surface area contributed by atoms with E-state index in [2.05, 4.69) is 13.8 Å². The van der Waals surface area contributed by atoms with Crippen LogP contribution in [0.5, 0.6) is 0 Å². The maximum absolute atomic E-state index is 11.6. The molecule has 1 aliphatic heterocycles. The summed E-state index contributed by atoms with van der Waals surface area (Å²) in [5.41, 5.74) is -0.734. The van der Waals surface area contributed by atoms with E-state index in [1.165, 1.54) is 13.8 Å². The van der Waals surface area contributed by atoms with Crippen LogP contribution in [0.15, 0.2) is 11.6 Å². The number of carbonyl (C=O) groups excluding carboxylic acids is 2. The van der Waals surface area contributed by atoms with Crippen LogP contribution in [0.25, 0.3) is 0 Å². The number of fused-ring (bicyclic) bond motifs is 3. The zero-order valence-electron chi connectivity index (χ0n) is 15.6. The summed E-state index contributed by atoms with van der Waals surface area (Å²) in [5, 5.41) is 10.4. The average Bonchev–Trinajstić information content (AvgIpc) is 2.86. The van der Waals surface area contributed by atoms with Gasteiger partial charge in [0, 0.05) is 24.7 Å². The Kier molecular flexibility index (Phi) is 4.27. The molecule has 6 atom stereocenters. The molecule has 140 valence electrons. The van der Waals surface area contributed by atoms with Crippen LogP contribution in [0.2, 0.25) is 0 Å². The molecule has 1 N–H and O–H groups in total. The van der Waals surface area contributed by atoms with Gasteiger partial charge in [0.25, 0.3) is 0 Å². The Morgan fingerprint density at radius 2 is 2.00 bits per heavy atom. The molecule has 0 aromatic carbocycles. The summed E-state index contributed by atoms with van der Waals surface area (Å²) in [4.78, 5) is 23.1. The van der Waals surface area contributed by atoms with Crippen molar-refractivity contribution in [1.82, 2.24) is 0 Å². The monoisotopic (exact) mass is 352 g/mol. The molecule has 0 amide bonds. The van der Waals surface area contributed by atoms with Gasteiger partial charge in [-0.25, -0.2) is 0 Å². The van der Waals surface area contributed by atoms with Crippen molar-refractivity contribution in [2.75, 3.05) is 6.61 Å². The molecule has 1 saturated heterocycles. The van der Waals surface area contributed by atoms with E-state index in [9.17, 15) is 14.7 Å². The third-order valence-corrected chi connectivity index (χ3v) is 6.94. The molecule has 3 aliphatic rings. The van der Waals surface area contributed by atoms with Crippen molar-refractivity contribution in [3.8, 4) is 0 Å². The summed E-state index contributed by atoms with van der Waals surface area (Å²) in [6.45, 7) is 8.92. The van der Waals surface area contributed by atoms with Crippen LogP contribution in [0.4, 0.5) is 0 Å². The molecule has 25 heavy (non-hydrogen) atoms. The van der Waals surface area contributed by atoms with Crippen LogP contribution < -0.4 is 0 Å². The fourth-order valence-corrected chi connectivity index (χ4v) is 5.19. The highest BCUT2D eigenvalue weighted by Crippen LogP contribution is 2.69. The van der Waals surface area contributed by atoms with Crippen molar-refractivity contribution < 1.29 is 28.9 Å². The minimum Gasteiger partial charge on any atom is -0.463 e. The van der Waals surface area contributed by atoms with Gasteiger partial charge in [0.2, 0.25) is 0 Å². The van der Waals surface area contributed by atoms with Gasteiger partial charge in [-0.1, -0.05) is 19.9 Å². The fourth-order valence-electron chi connectivity index (χ4n) is 5.19. The van der Waals surface area contributed by atoms with E-state index in [1.807, 2.05) is 13.0 Å². The molecule has 0 aromatic rings. The predicted octanol–water partition coefficient (Wildman–Crippen LogP) is 2.14. The molecule has 3 rings (SSSR count). The van der Waals surface area contributed by atoms with Gasteiger partial charge in [-0.3, -0.25) is 9.59 Å². The van der Waals surface area contributed by atoms with Crippen LogP contribution in [0, 0.1) is 10.8 Å². The van der Waals surface area contributed by atoms with Crippen LogP contribution in [0.1, 0.15) is 53.9 Å². The molecule has 0 radical (unpaired) electrons. The largest absolute Gasteiger partial charge is 0.463 e. The summed E-state index contributed by atoms with van der Waals surface area (Å²) >= 11 is 0. The molecule has 6 nitrogen and oxygen atoms in total. The smallest absolute Gasteiger partial charge is 0.303 e. The number of rotatable bonds is 3. The lowest BCUT2D eigenvalue weighted by Gasteiger charge is -2.47. The second-order valence-corrected chi connectivity index (χ2v) is 8.23. The van der Waals surface area contributed by atoms with E-state index in [4.69, 9.17) is 14.2 Å². The van der Waals surface area contributed by atoms with Gasteiger partial charge in [0.1, 0.15) is 18.3 Å². The Balaban J connectivity index is 2.06. The van der Waals surface area contributed by atoms with Crippen LogP contribution in [-0.4, -0.2) is 47.6 Å². The van der Waals surface area contributed by atoms with Crippen LogP contribution in [-0.2, 0) is 23.8 Å². The molecular formula is C19H28O6. The number of hydrogen-bond donors (Lipinski definition) is 1. The number of hydrogen-bond acceptors (Lipinski definition) is 6. The molecule has 2 fully saturated rings. The summed E-state index contributed by atoms with van der Waals surface area (Å²) < 4.78 is 17.5. The van der Waals surface area contributed by atoms with Gasteiger partial charge in [0.15, 0.2) is 0 Å². The quantitative estimate of drug-likeness (QED) is 0.619. The average molecular weight is 352 g/mol. The van der Waals surface area contributed by atoms with Gasteiger partial charge in [-0.05, 0) is 31.8 Å². The van der Waals surface area contributed by atoms with Crippen LogP contribution in [0.3, 0.4) is 0 Å². The molecule has 2 aliphatic carbocycles. The lowest BCUT2D eigenvalue weighted by Crippen LogP contribution is -2.56. The molecule has 0 bridgehead atoms. The van der Waals surface area contributed by atoms with E-state index in [0.29, 0.717) is 12.8 Å². The topological polar surface area (TPSA) is 82.1 Å². The second kappa shape index (κ2) is 5.81. The van der Waals surface area contributed by atoms with E-state index in [-0.39, 0.29) is 30.1 Å².